The first kappa shape index (κ1) is 8.48. The molecule has 2 aliphatic heterocycles. The zero-order chi connectivity index (χ0) is 8.44. The summed E-state index contributed by atoms with van der Waals surface area (Å²) >= 11 is 0. The molecule has 0 saturated carbocycles. The van der Waals surface area contributed by atoms with Gasteiger partial charge in [-0.15, -0.1) is 0 Å². The van der Waals surface area contributed by atoms with Crippen molar-refractivity contribution in [2.75, 3.05) is 39.4 Å². The molecule has 2 saturated heterocycles. The van der Waals surface area contributed by atoms with Crippen molar-refractivity contribution in [2.45, 2.75) is 18.9 Å². The summed E-state index contributed by atoms with van der Waals surface area (Å²) in [6, 6.07) is 0. The van der Waals surface area contributed by atoms with Crippen LogP contribution in [0.2, 0.25) is 0 Å². The van der Waals surface area contributed by atoms with E-state index in [0.29, 0.717) is 5.54 Å². The van der Waals surface area contributed by atoms with E-state index in [1.54, 1.807) is 0 Å². The van der Waals surface area contributed by atoms with Crippen molar-refractivity contribution < 1.29 is 4.74 Å². The van der Waals surface area contributed by atoms with Crippen LogP contribution in [0.5, 0.6) is 0 Å². The molecule has 0 spiro atoms. The zero-order valence-electron chi connectivity index (χ0n) is 7.81. The lowest BCUT2D eigenvalue weighted by atomic mass is 9.91. The lowest BCUT2D eigenvalue weighted by Gasteiger charge is -2.50. The molecule has 0 aromatic heterocycles. The Balaban J connectivity index is 1.95. The van der Waals surface area contributed by atoms with Crippen LogP contribution in [-0.2, 0) is 4.74 Å². The van der Waals surface area contributed by atoms with Gasteiger partial charge in [0.2, 0.25) is 0 Å². The molecule has 12 heavy (non-hydrogen) atoms. The maximum absolute atomic E-state index is 5.32. The van der Waals surface area contributed by atoms with E-state index in [1.807, 2.05) is 0 Å². The van der Waals surface area contributed by atoms with Crippen molar-refractivity contribution >= 4 is 0 Å². The summed E-state index contributed by atoms with van der Waals surface area (Å²) in [4.78, 5) is 2.59. The third kappa shape index (κ3) is 1.26. The third-order valence-electron chi connectivity index (χ3n) is 3.19. The minimum atomic E-state index is 0.405. The normalized spacial score (nSPS) is 29.8. The number of rotatable bonds is 2. The van der Waals surface area contributed by atoms with E-state index in [2.05, 4.69) is 17.1 Å². The van der Waals surface area contributed by atoms with Crippen LogP contribution in [0, 0.1) is 0 Å². The summed E-state index contributed by atoms with van der Waals surface area (Å²) in [5.41, 5.74) is 0.405. The predicted molar refractivity (Wildman–Crippen MR) is 48.3 cm³/mol. The van der Waals surface area contributed by atoms with Gasteiger partial charge in [-0.1, -0.05) is 6.92 Å². The number of nitrogens with zero attached hydrogens (tertiary/aromatic N) is 1. The molecule has 2 fully saturated rings. The summed E-state index contributed by atoms with van der Waals surface area (Å²) in [6.07, 6.45) is 1.23. The summed E-state index contributed by atoms with van der Waals surface area (Å²) in [7, 11) is 0. The van der Waals surface area contributed by atoms with Crippen molar-refractivity contribution in [2.24, 2.45) is 0 Å². The number of ether oxygens (including phenoxy) is 1. The molecule has 0 atom stereocenters. The van der Waals surface area contributed by atoms with Crippen molar-refractivity contribution in [1.29, 1.82) is 0 Å². The molecule has 0 unspecified atom stereocenters. The maximum atomic E-state index is 5.32. The van der Waals surface area contributed by atoms with Crippen molar-refractivity contribution in [3.05, 3.63) is 0 Å². The third-order valence-corrected chi connectivity index (χ3v) is 3.19. The molecule has 2 heterocycles. The fourth-order valence-electron chi connectivity index (χ4n) is 2.09. The Morgan fingerprint density at radius 3 is 2.42 bits per heavy atom. The summed E-state index contributed by atoms with van der Waals surface area (Å²) in [5.74, 6) is 0. The van der Waals surface area contributed by atoms with Gasteiger partial charge in [-0.25, -0.2) is 0 Å². The Bertz CT molecular complexity index is 145. The van der Waals surface area contributed by atoms with Crippen LogP contribution in [0.15, 0.2) is 0 Å². The van der Waals surface area contributed by atoms with Gasteiger partial charge in [-0.2, -0.15) is 0 Å². The van der Waals surface area contributed by atoms with Crippen LogP contribution in [0.25, 0.3) is 0 Å². The lowest BCUT2D eigenvalue weighted by Crippen LogP contribution is -2.65. The summed E-state index contributed by atoms with van der Waals surface area (Å²) < 4.78 is 5.32. The van der Waals surface area contributed by atoms with Crippen molar-refractivity contribution in [1.82, 2.24) is 10.2 Å². The van der Waals surface area contributed by atoms with Gasteiger partial charge in [-0.3, -0.25) is 4.90 Å². The van der Waals surface area contributed by atoms with Gasteiger partial charge >= 0.3 is 0 Å². The molecule has 0 bridgehead atoms. The SMILES string of the molecule is CCC1(N2CCNCC2)COC1. The van der Waals surface area contributed by atoms with Gasteiger partial charge in [0.1, 0.15) is 0 Å². The smallest absolute Gasteiger partial charge is 0.0676 e. The Kier molecular flexibility index (Phi) is 2.35. The van der Waals surface area contributed by atoms with E-state index in [9.17, 15) is 0 Å². The highest BCUT2D eigenvalue weighted by Gasteiger charge is 2.42. The summed E-state index contributed by atoms with van der Waals surface area (Å²) in [6.45, 7) is 8.83. The first-order valence-corrected chi connectivity index (χ1v) is 4.91. The molecule has 0 aromatic rings. The number of nitrogens with one attached hydrogen (secondary N) is 1. The number of piperazine rings is 1. The predicted octanol–water partition coefficient (Wildman–Crippen LogP) is 0.0706. The van der Waals surface area contributed by atoms with E-state index in [1.165, 1.54) is 19.5 Å². The van der Waals surface area contributed by atoms with Crippen LogP contribution in [0.1, 0.15) is 13.3 Å². The Labute approximate surface area is 74.1 Å². The Morgan fingerprint density at radius 2 is 2.00 bits per heavy atom. The van der Waals surface area contributed by atoms with Crippen LogP contribution >= 0.6 is 0 Å². The molecule has 0 radical (unpaired) electrons. The van der Waals surface area contributed by atoms with Crippen LogP contribution in [0.3, 0.4) is 0 Å². The molecule has 1 N–H and O–H groups in total. The van der Waals surface area contributed by atoms with Crippen LogP contribution in [0.4, 0.5) is 0 Å². The highest BCUT2D eigenvalue weighted by molar-refractivity contribution is 4.96. The molecule has 70 valence electrons. The molecule has 3 nitrogen and oxygen atoms in total. The van der Waals surface area contributed by atoms with E-state index in [4.69, 9.17) is 4.74 Å². The summed E-state index contributed by atoms with van der Waals surface area (Å²) in [5, 5.41) is 3.38. The standard InChI is InChI=1S/C9H18N2O/c1-2-9(7-12-8-9)11-5-3-10-4-6-11/h10H,2-8H2,1H3. The molecular formula is C9H18N2O. The minimum absolute atomic E-state index is 0.405. The van der Waals surface area contributed by atoms with Gasteiger partial charge in [-0.05, 0) is 6.42 Å². The van der Waals surface area contributed by atoms with Crippen molar-refractivity contribution in [3.63, 3.8) is 0 Å². The van der Waals surface area contributed by atoms with E-state index >= 15 is 0 Å². The molecule has 3 heteroatoms. The van der Waals surface area contributed by atoms with Gasteiger partial charge < -0.3 is 10.1 Å². The first-order chi connectivity index (χ1) is 5.87. The quantitative estimate of drug-likeness (QED) is 0.635. The van der Waals surface area contributed by atoms with Gasteiger partial charge in [0.25, 0.3) is 0 Å². The maximum Gasteiger partial charge on any atom is 0.0676 e. The Hall–Kier alpha value is -0.120. The lowest BCUT2D eigenvalue weighted by molar-refractivity contribution is -0.145. The molecule has 0 aliphatic carbocycles. The monoisotopic (exact) mass is 170 g/mol. The second kappa shape index (κ2) is 3.32. The van der Waals surface area contributed by atoms with E-state index < -0.39 is 0 Å². The second-order valence-corrected chi connectivity index (χ2v) is 3.81. The second-order valence-electron chi connectivity index (χ2n) is 3.81. The average Bonchev–Trinajstić information content (AvgIpc) is 2.05. The minimum Gasteiger partial charge on any atom is -0.377 e. The molecule has 2 rings (SSSR count). The molecule has 2 aliphatic rings. The Morgan fingerprint density at radius 1 is 1.33 bits per heavy atom. The van der Waals surface area contributed by atoms with Crippen LogP contribution < -0.4 is 5.32 Å². The average molecular weight is 170 g/mol. The van der Waals surface area contributed by atoms with Gasteiger partial charge in [0.05, 0.1) is 18.8 Å². The highest BCUT2D eigenvalue weighted by atomic mass is 16.5. The highest BCUT2D eigenvalue weighted by Crippen LogP contribution is 2.28. The molecule has 0 aromatic carbocycles. The van der Waals surface area contributed by atoms with Gasteiger partial charge in [0.15, 0.2) is 0 Å². The topological polar surface area (TPSA) is 24.5 Å². The first-order valence-electron chi connectivity index (χ1n) is 4.91. The fourth-order valence-corrected chi connectivity index (χ4v) is 2.09. The largest absolute Gasteiger partial charge is 0.377 e. The molecule has 0 amide bonds. The number of hydrogen-bond acceptors (Lipinski definition) is 3. The zero-order valence-corrected chi connectivity index (χ0v) is 7.81. The van der Waals surface area contributed by atoms with Crippen LogP contribution in [-0.4, -0.2) is 49.8 Å². The fraction of sp³-hybridized carbons (Fsp3) is 1.00. The number of hydrogen-bond donors (Lipinski definition) is 1. The molecular weight excluding hydrogens is 152 g/mol. The van der Waals surface area contributed by atoms with Crippen molar-refractivity contribution in [3.8, 4) is 0 Å². The van der Waals surface area contributed by atoms with Gasteiger partial charge in [0, 0.05) is 26.2 Å². The van der Waals surface area contributed by atoms with E-state index in [-0.39, 0.29) is 0 Å². The van der Waals surface area contributed by atoms with E-state index in [0.717, 1.165) is 26.3 Å².